The minimum absolute atomic E-state index is 0.302. The summed E-state index contributed by atoms with van der Waals surface area (Å²) in [5.74, 6) is 0.0265. The van der Waals surface area contributed by atoms with Crippen LogP contribution in [0.3, 0.4) is 0 Å². The van der Waals surface area contributed by atoms with E-state index in [1.807, 2.05) is 19.1 Å². The third kappa shape index (κ3) is 5.45. The third-order valence-electron chi connectivity index (χ3n) is 6.73. The first-order chi connectivity index (χ1) is 19.6. The number of hydrogen-bond acceptors (Lipinski definition) is 7. The summed E-state index contributed by atoms with van der Waals surface area (Å²) in [5, 5.41) is 9.97. The first-order valence-corrected chi connectivity index (χ1v) is 13.3. The number of nitrogens with one attached hydrogen (secondary N) is 2. The first kappa shape index (κ1) is 27.7. The molecule has 0 aliphatic heterocycles. The highest BCUT2D eigenvalue weighted by Crippen LogP contribution is 2.37. The van der Waals surface area contributed by atoms with Crippen LogP contribution >= 0.6 is 0 Å². The molecule has 0 aliphatic carbocycles. The van der Waals surface area contributed by atoms with Crippen LogP contribution in [-0.4, -0.2) is 34.0 Å². The number of fused-ring (bicyclic) bond motifs is 1. The Labute approximate surface area is 236 Å². The van der Waals surface area contributed by atoms with Crippen molar-refractivity contribution in [2.45, 2.75) is 46.1 Å². The summed E-state index contributed by atoms with van der Waals surface area (Å²) in [4.78, 5) is 35.4. The molecule has 0 saturated heterocycles. The van der Waals surface area contributed by atoms with Crippen molar-refractivity contribution in [3.63, 3.8) is 0 Å². The summed E-state index contributed by atoms with van der Waals surface area (Å²) < 4.78 is 25.0. The number of amides is 2. The van der Waals surface area contributed by atoms with Crippen molar-refractivity contribution in [2.24, 2.45) is 0 Å². The molecule has 5 rings (SSSR count). The van der Waals surface area contributed by atoms with E-state index in [0.717, 1.165) is 23.2 Å². The summed E-state index contributed by atoms with van der Waals surface area (Å²) >= 11 is 0. The van der Waals surface area contributed by atoms with Crippen molar-refractivity contribution in [1.82, 2.24) is 25.8 Å². The predicted molar refractivity (Wildman–Crippen MR) is 152 cm³/mol. The van der Waals surface area contributed by atoms with Gasteiger partial charge in [-0.2, -0.15) is 4.98 Å². The number of halogens is 1. The van der Waals surface area contributed by atoms with E-state index in [-0.39, 0.29) is 11.8 Å². The Morgan fingerprint density at radius 2 is 1.76 bits per heavy atom. The maximum absolute atomic E-state index is 13.6. The maximum atomic E-state index is 13.6. The van der Waals surface area contributed by atoms with Crippen LogP contribution in [0.1, 0.15) is 65.3 Å². The molecule has 0 unspecified atom stereocenters. The maximum Gasteiger partial charge on any atom is 0.255 e. The number of furan rings is 1. The molecule has 5 aromatic rings. The molecule has 0 atom stereocenters. The third-order valence-corrected chi connectivity index (χ3v) is 6.73. The molecular formula is C31H30FN5O4. The standard InChI is InChI=1S/C31H30FN5O4/c1-6-8-24-22(19-9-7-10-20(15-19)27(38)36-31(3,4)30-34-17(2)37-41-30)16-23-25(28(39)33-5)26(40-29(23)35-24)18-11-13-21(32)14-12-18/h7,9-16H,6,8H2,1-5H3,(H,33,39)(H,36,38). The smallest absolute Gasteiger partial charge is 0.255 e. The lowest BCUT2D eigenvalue weighted by Crippen LogP contribution is -2.41. The SMILES string of the molecule is CCCc1nc2oc(-c3ccc(F)cc3)c(C(=O)NC)c2cc1-c1cccc(C(=O)NC(C)(C)c2nc(C)no2)c1. The van der Waals surface area contributed by atoms with Crippen LogP contribution in [-0.2, 0) is 12.0 Å². The number of pyridine rings is 1. The van der Waals surface area contributed by atoms with E-state index < -0.39 is 11.4 Å². The van der Waals surface area contributed by atoms with Gasteiger partial charge >= 0.3 is 0 Å². The molecular weight excluding hydrogens is 525 g/mol. The zero-order valence-electron chi connectivity index (χ0n) is 23.5. The topological polar surface area (TPSA) is 123 Å². The Hall–Kier alpha value is -4.86. The largest absolute Gasteiger partial charge is 0.437 e. The molecule has 0 fully saturated rings. The monoisotopic (exact) mass is 555 g/mol. The van der Waals surface area contributed by atoms with Gasteiger partial charge in [0, 0.05) is 23.7 Å². The molecule has 9 nitrogen and oxygen atoms in total. The molecule has 2 N–H and O–H groups in total. The molecule has 3 aromatic heterocycles. The average Bonchev–Trinajstić information content (AvgIpc) is 3.56. The zero-order chi connectivity index (χ0) is 29.3. The van der Waals surface area contributed by atoms with Crippen LogP contribution in [0.2, 0.25) is 0 Å². The molecule has 2 aromatic carbocycles. The normalized spacial score (nSPS) is 11.6. The van der Waals surface area contributed by atoms with E-state index in [4.69, 9.17) is 13.9 Å². The van der Waals surface area contributed by atoms with Crippen molar-refractivity contribution in [2.75, 3.05) is 7.05 Å². The number of hydrogen-bond donors (Lipinski definition) is 2. The van der Waals surface area contributed by atoms with Gasteiger partial charge in [0.1, 0.15) is 17.1 Å². The van der Waals surface area contributed by atoms with Crippen molar-refractivity contribution >= 4 is 22.9 Å². The number of rotatable bonds is 8. The Kier molecular flexibility index (Phi) is 7.40. The number of carbonyl (C=O) groups is 2. The molecule has 0 aliphatic rings. The van der Waals surface area contributed by atoms with Gasteiger partial charge in [-0.15, -0.1) is 0 Å². The summed E-state index contributed by atoms with van der Waals surface area (Å²) in [5.41, 5.74) is 3.00. The van der Waals surface area contributed by atoms with Crippen molar-refractivity contribution in [3.8, 4) is 22.5 Å². The highest BCUT2D eigenvalue weighted by molar-refractivity contribution is 6.11. The van der Waals surface area contributed by atoms with Crippen LogP contribution in [0.15, 0.2) is 63.5 Å². The van der Waals surface area contributed by atoms with E-state index in [1.165, 1.54) is 19.2 Å². The quantitative estimate of drug-likeness (QED) is 0.242. The van der Waals surface area contributed by atoms with E-state index in [1.54, 1.807) is 51.1 Å². The fourth-order valence-electron chi connectivity index (χ4n) is 4.68. The lowest BCUT2D eigenvalue weighted by molar-refractivity contribution is 0.0894. The number of aryl methyl sites for hydroxylation is 2. The summed E-state index contributed by atoms with van der Waals surface area (Å²) in [7, 11) is 1.54. The Bertz CT molecular complexity index is 1750. The fraction of sp³-hybridized carbons (Fsp3) is 0.258. The van der Waals surface area contributed by atoms with Crippen LogP contribution in [0.4, 0.5) is 4.39 Å². The molecule has 2 amide bonds. The van der Waals surface area contributed by atoms with E-state index in [0.29, 0.717) is 51.7 Å². The second-order valence-electron chi connectivity index (χ2n) is 10.3. The van der Waals surface area contributed by atoms with Gasteiger partial charge in [0.2, 0.25) is 5.71 Å². The average molecular weight is 556 g/mol. The minimum Gasteiger partial charge on any atom is -0.437 e. The summed E-state index contributed by atoms with van der Waals surface area (Å²) in [6.45, 7) is 7.34. The molecule has 41 heavy (non-hydrogen) atoms. The first-order valence-electron chi connectivity index (χ1n) is 13.3. The van der Waals surface area contributed by atoms with Gasteiger partial charge in [0.25, 0.3) is 17.7 Å². The number of carbonyl (C=O) groups excluding carboxylic acids is 2. The Balaban J connectivity index is 1.60. The number of nitrogens with zero attached hydrogens (tertiary/aromatic N) is 3. The van der Waals surface area contributed by atoms with Crippen molar-refractivity contribution in [1.29, 1.82) is 0 Å². The molecule has 0 radical (unpaired) electrons. The number of benzene rings is 2. The van der Waals surface area contributed by atoms with Gasteiger partial charge in [-0.1, -0.05) is 30.6 Å². The summed E-state index contributed by atoms with van der Waals surface area (Å²) in [6.07, 6.45) is 1.46. The molecule has 3 heterocycles. The second-order valence-corrected chi connectivity index (χ2v) is 10.3. The predicted octanol–water partition coefficient (Wildman–Crippen LogP) is 5.97. The zero-order valence-corrected chi connectivity index (χ0v) is 23.5. The Morgan fingerprint density at radius 1 is 1.00 bits per heavy atom. The second kappa shape index (κ2) is 11.0. The van der Waals surface area contributed by atoms with Gasteiger partial charge in [-0.25, -0.2) is 9.37 Å². The lowest BCUT2D eigenvalue weighted by Gasteiger charge is -2.22. The molecule has 0 spiro atoms. The summed E-state index contributed by atoms with van der Waals surface area (Å²) in [6, 6.07) is 14.8. The number of aromatic nitrogens is 3. The van der Waals surface area contributed by atoms with Crippen LogP contribution < -0.4 is 10.6 Å². The lowest BCUT2D eigenvalue weighted by atomic mass is 9.96. The highest BCUT2D eigenvalue weighted by atomic mass is 19.1. The van der Waals surface area contributed by atoms with Gasteiger partial charge < -0.3 is 19.6 Å². The van der Waals surface area contributed by atoms with Crippen LogP contribution in [0, 0.1) is 12.7 Å². The molecule has 0 saturated carbocycles. The fourth-order valence-corrected chi connectivity index (χ4v) is 4.68. The minimum atomic E-state index is -0.891. The van der Waals surface area contributed by atoms with E-state index >= 15 is 0 Å². The van der Waals surface area contributed by atoms with Crippen LogP contribution in [0.5, 0.6) is 0 Å². The molecule has 210 valence electrons. The van der Waals surface area contributed by atoms with E-state index in [9.17, 15) is 14.0 Å². The van der Waals surface area contributed by atoms with Gasteiger partial charge in [-0.3, -0.25) is 9.59 Å². The highest BCUT2D eigenvalue weighted by Gasteiger charge is 2.30. The van der Waals surface area contributed by atoms with Crippen molar-refractivity contribution in [3.05, 3.63) is 89.0 Å². The molecule has 10 heteroatoms. The molecule has 0 bridgehead atoms. The van der Waals surface area contributed by atoms with E-state index in [2.05, 4.69) is 20.8 Å². The van der Waals surface area contributed by atoms with Gasteiger partial charge in [0.05, 0.1) is 16.6 Å². The van der Waals surface area contributed by atoms with Gasteiger partial charge in [-0.05, 0) is 75.2 Å². The van der Waals surface area contributed by atoms with Gasteiger partial charge in [0.15, 0.2) is 5.82 Å². The Morgan fingerprint density at radius 3 is 2.41 bits per heavy atom. The van der Waals surface area contributed by atoms with Crippen molar-refractivity contribution < 1.29 is 22.9 Å². The van der Waals surface area contributed by atoms with Crippen LogP contribution in [0.25, 0.3) is 33.6 Å².